The zero-order valence-electron chi connectivity index (χ0n) is 12.5. The molecule has 0 fully saturated rings. The van der Waals surface area contributed by atoms with Gasteiger partial charge in [-0.1, -0.05) is 33.8 Å². The fraction of sp³-hybridized carbons (Fsp3) is 0.643. The van der Waals surface area contributed by atoms with Gasteiger partial charge in [-0.05, 0) is 17.9 Å². The number of aliphatic hydroxyl groups is 1. The van der Waals surface area contributed by atoms with E-state index in [0.717, 1.165) is 0 Å². The van der Waals surface area contributed by atoms with E-state index in [9.17, 15) is 9.67 Å². The minimum atomic E-state index is -3.62. The van der Waals surface area contributed by atoms with Crippen molar-refractivity contribution in [3.8, 4) is 0 Å². The SMILES string of the molecule is CC(C)COP(=O)(OCC(C)C)[C@@H](O)c1cccnc1. The third kappa shape index (κ3) is 5.33. The second-order valence-electron chi connectivity index (χ2n) is 5.58. The molecular formula is C14H24NO4P. The van der Waals surface area contributed by atoms with Crippen molar-refractivity contribution in [1.82, 2.24) is 4.98 Å². The quantitative estimate of drug-likeness (QED) is 0.743. The molecule has 114 valence electrons. The first-order chi connectivity index (χ1) is 9.35. The summed E-state index contributed by atoms with van der Waals surface area (Å²) in [6.07, 6.45) is 3.06. The van der Waals surface area contributed by atoms with Crippen LogP contribution in [0.3, 0.4) is 0 Å². The first-order valence-electron chi connectivity index (χ1n) is 6.82. The predicted octanol–water partition coefficient (Wildman–Crippen LogP) is 3.61. The highest BCUT2D eigenvalue weighted by molar-refractivity contribution is 7.54. The zero-order valence-corrected chi connectivity index (χ0v) is 13.4. The van der Waals surface area contributed by atoms with Crippen LogP contribution in [-0.2, 0) is 13.6 Å². The second kappa shape index (κ2) is 7.89. The van der Waals surface area contributed by atoms with E-state index in [0.29, 0.717) is 5.56 Å². The van der Waals surface area contributed by atoms with Crippen LogP contribution in [0, 0.1) is 11.8 Å². The minimum Gasteiger partial charge on any atom is -0.376 e. The highest BCUT2D eigenvalue weighted by atomic mass is 31.2. The largest absolute Gasteiger partial charge is 0.376 e. The van der Waals surface area contributed by atoms with Crippen LogP contribution in [0.1, 0.15) is 39.1 Å². The maximum Gasteiger partial charge on any atom is 0.363 e. The Morgan fingerprint density at radius 3 is 2.15 bits per heavy atom. The number of aromatic nitrogens is 1. The Hall–Kier alpha value is -0.740. The number of rotatable bonds is 8. The molecule has 0 aliphatic heterocycles. The maximum atomic E-state index is 12.8. The lowest BCUT2D eigenvalue weighted by atomic mass is 10.2. The molecule has 1 atom stereocenters. The fourth-order valence-corrected chi connectivity index (χ4v) is 3.28. The molecule has 0 aliphatic carbocycles. The highest BCUT2D eigenvalue weighted by Crippen LogP contribution is 2.59. The lowest BCUT2D eigenvalue weighted by Gasteiger charge is -2.25. The summed E-state index contributed by atoms with van der Waals surface area (Å²) in [5.74, 6) is -0.909. The topological polar surface area (TPSA) is 68.7 Å². The molecule has 0 aliphatic rings. The molecule has 20 heavy (non-hydrogen) atoms. The molecule has 6 heteroatoms. The smallest absolute Gasteiger partial charge is 0.363 e. The normalized spacial score (nSPS) is 13.9. The lowest BCUT2D eigenvalue weighted by molar-refractivity contribution is 0.124. The molecular weight excluding hydrogens is 277 g/mol. The van der Waals surface area contributed by atoms with Crippen LogP contribution in [0.15, 0.2) is 24.5 Å². The van der Waals surface area contributed by atoms with E-state index in [-0.39, 0.29) is 25.0 Å². The van der Waals surface area contributed by atoms with Gasteiger partial charge in [0.05, 0.1) is 13.2 Å². The standard InChI is InChI=1S/C14H24NO4P/c1-11(2)9-18-20(17,19-10-12(3)4)14(16)13-6-5-7-15-8-13/h5-8,11-12,14,16H,9-10H2,1-4H3/t14-/m1/s1. The fourth-order valence-electron chi connectivity index (χ4n) is 1.40. The third-order valence-corrected chi connectivity index (χ3v) is 4.37. The van der Waals surface area contributed by atoms with E-state index in [1.54, 1.807) is 18.3 Å². The van der Waals surface area contributed by atoms with Gasteiger partial charge >= 0.3 is 7.60 Å². The average Bonchev–Trinajstić information content (AvgIpc) is 2.43. The van der Waals surface area contributed by atoms with E-state index in [1.807, 2.05) is 27.7 Å². The summed E-state index contributed by atoms with van der Waals surface area (Å²) < 4.78 is 23.6. The Balaban J connectivity index is 2.88. The van der Waals surface area contributed by atoms with Crippen molar-refractivity contribution in [3.63, 3.8) is 0 Å². The average molecular weight is 301 g/mol. The summed E-state index contributed by atoms with van der Waals surface area (Å²) in [5, 5.41) is 10.3. The molecule has 0 amide bonds. The van der Waals surface area contributed by atoms with Gasteiger partial charge in [0.15, 0.2) is 5.85 Å². The van der Waals surface area contributed by atoms with E-state index >= 15 is 0 Å². The molecule has 0 spiro atoms. The van der Waals surface area contributed by atoms with Gasteiger partial charge in [0.25, 0.3) is 0 Å². The maximum absolute atomic E-state index is 12.8. The van der Waals surface area contributed by atoms with E-state index in [4.69, 9.17) is 9.05 Å². The molecule has 1 aromatic heterocycles. The van der Waals surface area contributed by atoms with Crippen molar-refractivity contribution in [2.24, 2.45) is 11.8 Å². The van der Waals surface area contributed by atoms with Crippen LogP contribution < -0.4 is 0 Å². The molecule has 1 rings (SSSR count). The Bertz CT molecular complexity index is 420. The number of aliphatic hydroxyl groups excluding tert-OH is 1. The van der Waals surface area contributed by atoms with Gasteiger partial charge in [0.2, 0.25) is 0 Å². The molecule has 0 bridgehead atoms. The molecule has 0 saturated carbocycles. The summed E-state index contributed by atoms with van der Waals surface area (Å²) >= 11 is 0. The number of pyridine rings is 1. The summed E-state index contributed by atoms with van der Waals surface area (Å²) in [6.45, 7) is 8.33. The Kier molecular flexibility index (Phi) is 6.83. The number of hydrogen-bond acceptors (Lipinski definition) is 5. The van der Waals surface area contributed by atoms with E-state index in [2.05, 4.69) is 4.98 Å². The Morgan fingerprint density at radius 1 is 1.20 bits per heavy atom. The predicted molar refractivity (Wildman–Crippen MR) is 78.4 cm³/mol. The van der Waals surface area contributed by atoms with Crippen molar-refractivity contribution >= 4 is 7.60 Å². The summed E-state index contributed by atoms with van der Waals surface area (Å²) in [5.41, 5.74) is 0.434. The molecule has 1 N–H and O–H groups in total. The van der Waals surface area contributed by atoms with Gasteiger partial charge < -0.3 is 14.2 Å². The summed E-state index contributed by atoms with van der Waals surface area (Å²) in [4.78, 5) is 3.92. The van der Waals surface area contributed by atoms with Crippen molar-refractivity contribution in [2.45, 2.75) is 33.5 Å². The highest BCUT2D eigenvalue weighted by Gasteiger charge is 2.36. The van der Waals surface area contributed by atoms with Gasteiger partial charge in [-0.3, -0.25) is 9.55 Å². The van der Waals surface area contributed by atoms with Crippen LogP contribution in [-0.4, -0.2) is 23.3 Å². The number of nitrogens with zero attached hydrogens (tertiary/aromatic N) is 1. The van der Waals surface area contributed by atoms with Crippen LogP contribution in [0.5, 0.6) is 0 Å². The molecule has 1 heterocycles. The number of hydrogen-bond donors (Lipinski definition) is 1. The van der Waals surface area contributed by atoms with Crippen LogP contribution in [0.25, 0.3) is 0 Å². The molecule has 0 unspecified atom stereocenters. The van der Waals surface area contributed by atoms with E-state index in [1.165, 1.54) is 6.20 Å². The van der Waals surface area contributed by atoms with Crippen molar-refractivity contribution < 1.29 is 18.7 Å². The molecule has 1 aromatic rings. The van der Waals surface area contributed by atoms with Gasteiger partial charge in [-0.2, -0.15) is 0 Å². The van der Waals surface area contributed by atoms with Crippen molar-refractivity contribution in [1.29, 1.82) is 0 Å². The minimum absolute atomic E-state index is 0.201. The van der Waals surface area contributed by atoms with Gasteiger partial charge in [-0.15, -0.1) is 0 Å². The first kappa shape index (κ1) is 17.3. The van der Waals surface area contributed by atoms with Crippen LogP contribution in [0.4, 0.5) is 0 Å². The Labute approximate surface area is 120 Å². The Morgan fingerprint density at radius 2 is 1.75 bits per heavy atom. The van der Waals surface area contributed by atoms with Crippen LogP contribution >= 0.6 is 7.60 Å². The van der Waals surface area contributed by atoms with Gasteiger partial charge in [0.1, 0.15) is 0 Å². The molecule has 0 aromatic carbocycles. The third-order valence-electron chi connectivity index (χ3n) is 2.46. The van der Waals surface area contributed by atoms with Crippen molar-refractivity contribution in [3.05, 3.63) is 30.1 Å². The second-order valence-corrected chi connectivity index (χ2v) is 7.66. The van der Waals surface area contributed by atoms with Crippen molar-refractivity contribution in [2.75, 3.05) is 13.2 Å². The summed E-state index contributed by atoms with van der Waals surface area (Å²) in [6, 6.07) is 3.33. The molecule has 0 radical (unpaired) electrons. The first-order valence-corrected chi connectivity index (χ1v) is 8.43. The summed E-state index contributed by atoms with van der Waals surface area (Å²) in [7, 11) is -3.62. The molecule has 0 saturated heterocycles. The lowest BCUT2D eigenvalue weighted by Crippen LogP contribution is -2.12. The zero-order chi connectivity index (χ0) is 15.2. The van der Waals surface area contributed by atoms with Gasteiger partial charge in [-0.25, -0.2) is 0 Å². The van der Waals surface area contributed by atoms with Crippen LogP contribution in [0.2, 0.25) is 0 Å². The monoisotopic (exact) mass is 301 g/mol. The molecule has 5 nitrogen and oxygen atoms in total. The van der Waals surface area contributed by atoms with Gasteiger partial charge in [0, 0.05) is 18.0 Å². The van der Waals surface area contributed by atoms with E-state index < -0.39 is 13.4 Å².